The molecule has 1 N–H and O–H groups in total. The highest BCUT2D eigenvalue weighted by Crippen LogP contribution is 2.22. The largest absolute Gasteiger partial charge is 0.381 e. The summed E-state index contributed by atoms with van der Waals surface area (Å²) in [4.78, 5) is 9.80. The van der Waals surface area contributed by atoms with Crippen molar-refractivity contribution < 1.29 is 9.31 Å². The zero-order chi connectivity index (χ0) is 14.7. The van der Waals surface area contributed by atoms with Gasteiger partial charge in [0.25, 0.3) is 0 Å². The number of rotatable bonds is 4. The molecule has 2 aromatic rings. The molecule has 2 aromatic carbocycles. The van der Waals surface area contributed by atoms with Gasteiger partial charge in [0, 0.05) is 22.8 Å². The third-order valence-corrected chi connectivity index (χ3v) is 3.75. The lowest BCUT2D eigenvalue weighted by Gasteiger charge is -2.08. The van der Waals surface area contributed by atoms with Gasteiger partial charge in [-0.3, -0.25) is 10.1 Å². The van der Waals surface area contributed by atoms with Crippen LogP contribution >= 0.6 is 15.9 Å². The Bertz CT molecular complexity index is 662. The van der Waals surface area contributed by atoms with Crippen LogP contribution in [0.2, 0.25) is 0 Å². The Morgan fingerprint density at radius 2 is 2.05 bits per heavy atom. The highest BCUT2D eigenvalue weighted by Gasteiger charge is 2.13. The molecule has 0 radical (unpaired) electrons. The van der Waals surface area contributed by atoms with Crippen molar-refractivity contribution in [1.82, 2.24) is 0 Å². The monoisotopic (exact) mass is 338 g/mol. The first kappa shape index (κ1) is 14.5. The average Bonchev–Trinajstić information content (AvgIpc) is 2.40. The third-order valence-electron chi connectivity index (χ3n) is 2.86. The molecule has 0 heterocycles. The summed E-state index contributed by atoms with van der Waals surface area (Å²) in [5.74, 6) is -0.818. The average molecular weight is 339 g/mol. The number of nitro benzene ring substituents is 1. The number of anilines is 1. The quantitative estimate of drug-likeness (QED) is 0.663. The number of nitrogens with one attached hydrogen (secondary N) is 1. The minimum absolute atomic E-state index is 0.399. The van der Waals surface area contributed by atoms with Crippen LogP contribution in [0, 0.1) is 22.9 Å². The zero-order valence-corrected chi connectivity index (χ0v) is 12.3. The molecule has 6 heteroatoms. The Kier molecular flexibility index (Phi) is 4.34. The molecule has 0 saturated heterocycles. The predicted octanol–water partition coefficient (Wildman–Crippen LogP) is 4.42. The Balaban J connectivity index is 2.09. The van der Waals surface area contributed by atoms with Gasteiger partial charge >= 0.3 is 5.69 Å². The SMILES string of the molecule is Cc1cc(NCc2ccc([N+](=O)[O-])c(F)c2)ccc1Br. The number of halogens is 2. The molecule has 0 unspecified atom stereocenters. The van der Waals surface area contributed by atoms with Crippen molar-refractivity contribution in [3.63, 3.8) is 0 Å². The molecule has 0 aliphatic heterocycles. The maximum absolute atomic E-state index is 13.5. The van der Waals surface area contributed by atoms with Crippen molar-refractivity contribution in [2.75, 3.05) is 5.32 Å². The fourth-order valence-corrected chi connectivity index (χ4v) is 2.01. The van der Waals surface area contributed by atoms with Crippen LogP contribution in [0.5, 0.6) is 0 Å². The van der Waals surface area contributed by atoms with Crippen LogP contribution in [0.1, 0.15) is 11.1 Å². The Morgan fingerprint density at radius 1 is 1.30 bits per heavy atom. The zero-order valence-electron chi connectivity index (χ0n) is 10.7. The van der Waals surface area contributed by atoms with E-state index in [4.69, 9.17) is 0 Å². The van der Waals surface area contributed by atoms with Gasteiger partial charge in [0.2, 0.25) is 5.82 Å². The van der Waals surface area contributed by atoms with Gasteiger partial charge in [-0.2, -0.15) is 4.39 Å². The normalized spacial score (nSPS) is 10.3. The molecule has 2 rings (SSSR count). The van der Waals surface area contributed by atoms with Gasteiger partial charge in [0.05, 0.1) is 4.92 Å². The summed E-state index contributed by atoms with van der Waals surface area (Å²) in [6.07, 6.45) is 0. The summed E-state index contributed by atoms with van der Waals surface area (Å²) in [5.41, 5.74) is 2.14. The van der Waals surface area contributed by atoms with E-state index in [2.05, 4.69) is 21.2 Å². The smallest absolute Gasteiger partial charge is 0.304 e. The van der Waals surface area contributed by atoms with Crippen LogP contribution in [0.4, 0.5) is 15.8 Å². The molecule has 0 spiro atoms. The summed E-state index contributed by atoms with van der Waals surface area (Å²) in [5, 5.41) is 13.7. The summed E-state index contributed by atoms with van der Waals surface area (Å²) in [6, 6.07) is 9.69. The van der Waals surface area contributed by atoms with E-state index in [-0.39, 0.29) is 0 Å². The number of nitrogens with zero attached hydrogens (tertiary/aromatic N) is 1. The predicted molar refractivity (Wildman–Crippen MR) is 79.3 cm³/mol. The van der Waals surface area contributed by atoms with Crippen LogP contribution in [0.15, 0.2) is 40.9 Å². The van der Waals surface area contributed by atoms with Crippen molar-refractivity contribution in [1.29, 1.82) is 0 Å². The molecular formula is C14H12BrFN2O2. The van der Waals surface area contributed by atoms with Crippen LogP contribution in [-0.2, 0) is 6.54 Å². The van der Waals surface area contributed by atoms with E-state index in [1.54, 1.807) is 6.07 Å². The number of aryl methyl sites for hydroxylation is 1. The van der Waals surface area contributed by atoms with Gasteiger partial charge in [-0.1, -0.05) is 22.0 Å². The number of nitro groups is 1. The number of benzene rings is 2. The Morgan fingerprint density at radius 3 is 2.65 bits per heavy atom. The fraction of sp³-hybridized carbons (Fsp3) is 0.143. The van der Waals surface area contributed by atoms with Crippen LogP contribution < -0.4 is 5.32 Å². The molecule has 0 fully saturated rings. The van der Waals surface area contributed by atoms with Crippen LogP contribution in [0.3, 0.4) is 0 Å². The second kappa shape index (κ2) is 6.00. The summed E-state index contributed by atoms with van der Waals surface area (Å²) >= 11 is 3.42. The van der Waals surface area contributed by atoms with E-state index >= 15 is 0 Å². The lowest BCUT2D eigenvalue weighted by atomic mass is 10.2. The molecule has 0 aromatic heterocycles. The van der Waals surface area contributed by atoms with Crippen molar-refractivity contribution >= 4 is 27.3 Å². The van der Waals surface area contributed by atoms with Crippen molar-refractivity contribution in [3.05, 3.63) is 67.9 Å². The van der Waals surface area contributed by atoms with E-state index in [1.807, 2.05) is 25.1 Å². The van der Waals surface area contributed by atoms with Gasteiger partial charge in [0.15, 0.2) is 0 Å². The highest BCUT2D eigenvalue weighted by molar-refractivity contribution is 9.10. The topological polar surface area (TPSA) is 55.2 Å². The van der Waals surface area contributed by atoms with E-state index in [1.165, 1.54) is 12.1 Å². The minimum atomic E-state index is -0.818. The number of hydrogen-bond acceptors (Lipinski definition) is 3. The molecule has 0 aliphatic carbocycles. The second-order valence-corrected chi connectivity index (χ2v) is 5.21. The lowest BCUT2D eigenvalue weighted by Crippen LogP contribution is -2.01. The molecule has 104 valence electrons. The number of hydrogen-bond donors (Lipinski definition) is 1. The van der Waals surface area contributed by atoms with Gasteiger partial charge in [-0.25, -0.2) is 0 Å². The molecule has 20 heavy (non-hydrogen) atoms. The van der Waals surface area contributed by atoms with Gasteiger partial charge in [-0.15, -0.1) is 0 Å². The van der Waals surface area contributed by atoms with Gasteiger partial charge < -0.3 is 5.32 Å². The fourth-order valence-electron chi connectivity index (χ4n) is 1.77. The van der Waals surface area contributed by atoms with E-state index in [9.17, 15) is 14.5 Å². The molecule has 4 nitrogen and oxygen atoms in total. The molecular weight excluding hydrogens is 327 g/mol. The maximum atomic E-state index is 13.5. The first-order chi connectivity index (χ1) is 9.47. The first-order valence-electron chi connectivity index (χ1n) is 5.90. The van der Waals surface area contributed by atoms with Gasteiger partial charge in [-0.05, 0) is 42.3 Å². The van der Waals surface area contributed by atoms with Crippen molar-refractivity contribution in [3.8, 4) is 0 Å². The molecule has 0 saturated carbocycles. The van der Waals surface area contributed by atoms with Gasteiger partial charge in [0.1, 0.15) is 0 Å². The van der Waals surface area contributed by atoms with E-state index in [0.29, 0.717) is 12.1 Å². The van der Waals surface area contributed by atoms with Crippen LogP contribution in [0.25, 0.3) is 0 Å². The van der Waals surface area contributed by atoms with E-state index in [0.717, 1.165) is 15.7 Å². The maximum Gasteiger partial charge on any atom is 0.304 e. The van der Waals surface area contributed by atoms with E-state index < -0.39 is 16.4 Å². The standard InChI is InChI=1S/C14H12BrFN2O2/c1-9-6-11(3-4-12(9)15)17-8-10-2-5-14(18(19)20)13(16)7-10/h2-7,17H,8H2,1H3. The summed E-state index contributed by atoms with van der Waals surface area (Å²) in [7, 11) is 0. The summed E-state index contributed by atoms with van der Waals surface area (Å²) < 4.78 is 14.5. The lowest BCUT2D eigenvalue weighted by molar-refractivity contribution is -0.387. The molecule has 0 amide bonds. The highest BCUT2D eigenvalue weighted by atomic mass is 79.9. The Labute approximate surface area is 123 Å². The molecule has 0 aliphatic rings. The van der Waals surface area contributed by atoms with Crippen molar-refractivity contribution in [2.24, 2.45) is 0 Å². The first-order valence-corrected chi connectivity index (χ1v) is 6.69. The third kappa shape index (κ3) is 3.33. The van der Waals surface area contributed by atoms with Crippen LogP contribution in [-0.4, -0.2) is 4.92 Å². The summed E-state index contributed by atoms with van der Waals surface area (Å²) in [6.45, 7) is 2.37. The minimum Gasteiger partial charge on any atom is -0.381 e. The second-order valence-electron chi connectivity index (χ2n) is 4.36. The molecule has 0 atom stereocenters. The Hall–Kier alpha value is -1.95. The van der Waals surface area contributed by atoms with Crippen molar-refractivity contribution in [2.45, 2.75) is 13.5 Å². The molecule has 0 bridgehead atoms.